The summed E-state index contributed by atoms with van der Waals surface area (Å²) in [7, 11) is 0. The lowest BCUT2D eigenvalue weighted by Crippen LogP contribution is -1.87. The van der Waals surface area contributed by atoms with Crippen molar-refractivity contribution in [3.8, 4) is 0 Å². The van der Waals surface area contributed by atoms with Gasteiger partial charge in [-0.05, 0) is 30.2 Å². The highest BCUT2D eigenvalue weighted by molar-refractivity contribution is 5.28. The summed E-state index contributed by atoms with van der Waals surface area (Å²) in [5.74, 6) is -0.131. The van der Waals surface area contributed by atoms with Crippen molar-refractivity contribution in [1.29, 1.82) is 0 Å². The molecule has 0 bridgehead atoms. The van der Waals surface area contributed by atoms with Crippen LogP contribution in [0.3, 0.4) is 0 Å². The van der Waals surface area contributed by atoms with Crippen molar-refractivity contribution in [3.63, 3.8) is 0 Å². The van der Waals surface area contributed by atoms with E-state index in [2.05, 4.69) is 5.32 Å². The molecule has 1 atom stereocenters. The Morgan fingerprint density at radius 1 is 1.45 bits per heavy atom. The Morgan fingerprint density at radius 3 is 2.73 bits per heavy atom. The van der Waals surface area contributed by atoms with E-state index in [1.165, 1.54) is 0 Å². The molecule has 1 unspecified atom stereocenters. The molecule has 0 aromatic heterocycles. The first-order valence-corrected chi connectivity index (χ1v) is 3.76. The molecule has 0 spiro atoms. The molecule has 2 heteroatoms. The third kappa shape index (κ3) is 1.40. The second kappa shape index (κ2) is 2.31. The normalized spacial score (nSPS) is 21.8. The number of rotatable bonds is 1. The van der Waals surface area contributed by atoms with Crippen molar-refractivity contribution < 1.29 is 4.39 Å². The molecule has 1 aromatic carbocycles. The molecule has 1 nitrogen and oxygen atoms in total. The van der Waals surface area contributed by atoms with Crippen LogP contribution in [0.5, 0.6) is 0 Å². The molecule has 1 aromatic rings. The molecule has 0 saturated carbocycles. The molecule has 11 heavy (non-hydrogen) atoms. The van der Waals surface area contributed by atoms with E-state index in [1.807, 2.05) is 13.0 Å². The van der Waals surface area contributed by atoms with E-state index in [0.29, 0.717) is 6.04 Å². The van der Waals surface area contributed by atoms with Crippen molar-refractivity contribution in [2.75, 3.05) is 6.54 Å². The van der Waals surface area contributed by atoms with Crippen molar-refractivity contribution in [1.82, 2.24) is 5.32 Å². The van der Waals surface area contributed by atoms with Gasteiger partial charge in [-0.1, -0.05) is 6.07 Å². The maximum atomic E-state index is 12.8. The van der Waals surface area contributed by atoms with Crippen LogP contribution in [0.1, 0.15) is 17.2 Å². The van der Waals surface area contributed by atoms with E-state index in [9.17, 15) is 4.39 Å². The Kier molecular flexibility index (Phi) is 1.43. The maximum absolute atomic E-state index is 12.8. The Hall–Kier alpha value is -0.890. The van der Waals surface area contributed by atoms with E-state index in [1.54, 1.807) is 12.1 Å². The van der Waals surface area contributed by atoms with Crippen LogP contribution in [0.15, 0.2) is 18.2 Å². The van der Waals surface area contributed by atoms with Gasteiger partial charge in [0.1, 0.15) is 5.82 Å². The van der Waals surface area contributed by atoms with E-state index in [0.717, 1.165) is 17.7 Å². The van der Waals surface area contributed by atoms with Crippen LogP contribution in [0.4, 0.5) is 4.39 Å². The molecule has 58 valence electrons. The summed E-state index contributed by atoms with van der Waals surface area (Å²) < 4.78 is 12.8. The summed E-state index contributed by atoms with van der Waals surface area (Å²) in [6, 6.07) is 5.57. The minimum Gasteiger partial charge on any atom is -0.307 e. The molecule has 0 aliphatic carbocycles. The molecule has 0 amide bonds. The number of nitrogens with one attached hydrogen (secondary N) is 1. The molecular formula is C9H10FN. The van der Waals surface area contributed by atoms with Gasteiger partial charge in [0.05, 0.1) is 0 Å². The summed E-state index contributed by atoms with van der Waals surface area (Å²) >= 11 is 0. The van der Waals surface area contributed by atoms with Crippen LogP contribution >= 0.6 is 0 Å². The van der Waals surface area contributed by atoms with Gasteiger partial charge in [0.15, 0.2) is 0 Å². The van der Waals surface area contributed by atoms with Crippen LogP contribution < -0.4 is 5.32 Å². The third-order valence-electron chi connectivity index (χ3n) is 1.88. The smallest absolute Gasteiger partial charge is 0.123 e. The molecule has 1 N–H and O–H groups in total. The zero-order valence-corrected chi connectivity index (χ0v) is 6.39. The van der Waals surface area contributed by atoms with Gasteiger partial charge in [-0.2, -0.15) is 0 Å². The second-order valence-corrected chi connectivity index (χ2v) is 3.02. The van der Waals surface area contributed by atoms with Crippen LogP contribution in [0.25, 0.3) is 0 Å². The Labute approximate surface area is 65.2 Å². The van der Waals surface area contributed by atoms with Crippen LogP contribution in [0, 0.1) is 12.7 Å². The number of benzene rings is 1. The van der Waals surface area contributed by atoms with E-state index in [-0.39, 0.29) is 5.82 Å². The Bertz CT molecular complexity index is 259. The molecule has 1 aliphatic heterocycles. The van der Waals surface area contributed by atoms with Gasteiger partial charge in [-0.15, -0.1) is 0 Å². The predicted molar refractivity (Wildman–Crippen MR) is 41.9 cm³/mol. The monoisotopic (exact) mass is 151 g/mol. The average molecular weight is 151 g/mol. The van der Waals surface area contributed by atoms with E-state index in [4.69, 9.17) is 0 Å². The number of hydrogen-bond acceptors (Lipinski definition) is 1. The molecule has 2 rings (SSSR count). The summed E-state index contributed by atoms with van der Waals surface area (Å²) in [4.78, 5) is 0. The summed E-state index contributed by atoms with van der Waals surface area (Å²) in [6.45, 7) is 2.90. The van der Waals surface area contributed by atoms with Crippen LogP contribution in [-0.4, -0.2) is 6.54 Å². The zero-order valence-electron chi connectivity index (χ0n) is 6.39. The van der Waals surface area contributed by atoms with Gasteiger partial charge in [0, 0.05) is 12.6 Å². The first-order valence-electron chi connectivity index (χ1n) is 3.76. The van der Waals surface area contributed by atoms with Crippen molar-refractivity contribution >= 4 is 0 Å². The SMILES string of the molecule is Cc1cc(F)cc(C2CN2)c1. The molecule has 1 fully saturated rings. The van der Waals surface area contributed by atoms with Crippen LogP contribution in [0.2, 0.25) is 0 Å². The molecule has 1 aliphatic rings. The standard InChI is InChI=1S/C9H10FN/c1-6-2-7(9-5-11-9)4-8(10)3-6/h2-4,9,11H,5H2,1H3. The average Bonchev–Trinajstić information content (AvgIpc) is 2.64. The topological polar surface area (TPSA) is 21.9 Å². The fourth-order valence-electron chi connectivity index (χ4n) is 1.26. The predicted octanol–water partition coefficient (Wildman–Crippen LogP) is 1.78. The first kappa shape index (κ1) is 6.80. The Morgan fingerprint density at radius 2 is 2.18 bits per heavy atom. The number of hydrogen-bond donors (Lipinski definition) is 1. The third-order valence-corrected chi connectivity index (χ3v) is 1.88. The molecule has 0 radical (unpaired) electrons. The lowest BCUT2D eigenvalue weighted by Gasteiger charge is -1.98. The van der Waals surface area contributed by atoms with E-state index >= 15 is 0 Å². The molecular weight excluding hydrogens is 141 g/mol. The van der Waals surface area contributed by atoms with Gasteiger partial charge in [-0.25, -0.2) is 4.39 Å². The molecule has 1 saturated heterocycles. The highest BCUT2D eigenvalue weighted by atomic mass is 19.1. The van der Waals surface area contributed by atoms with Gasteiger partial charge >= 0.3 is 0 Å². The minimum atomic E-state index is -0.131. The van der Waals surface area contributed by atoms with Gasteiger partial charge < -0.3 is 5.32 Å². The van der Waals surface area contributed by atoms with Crippen molar-refractivity contribution in [3.05, 3.63) is 35.1 Å². The highest BCUT2D eigenvalue weighted by Crippen LogP contribution is 2.22. The number of aryl methyl sites for hydroxylation is 1. The second-order valence-electron chi connectivity index (χ2n) is 3.02. The Balaban J connectivity index is 2.39. The number of halogens is 1. The highest BCUT2D eigenvalue weighted by Gasteiger charge is 2.22. The first-order chi connectivity index (χ1) is 5.25. The molecule has 1 heterocycles. The fourth-order valence-corrected chi connectivity index (χ4v) is 1.26. The lowest BCUT2D eigenvalue weighted by atomic mass is 10.1. The maximum Gasteiger partial charge on any atom is 0.123 e. The van der Waals surface area contributed by atoms with Crippen LogP contribution in [-0.2, 0) is 0 Å². The zero-order chi connectivity index (χ0) is 7.84. The van der Waals surface area contributed by atoms with Gasteiger partial charge in [0.2, 0.25) is 0 Å². The van der Waals surface area contributed by atoms with Gasteiger partial charge in [0.25, 0.3) is 0 Å². The minimum absolute atomic E-state index is 0.131. The summed E-state index contributed by atoms with van der Waals surface area (Å²) in [6.07, 6.45) is 0. The lowest BCUT2D eigenvalue weighted by molar-refractivity contribution is 0.624. The summed E-state index contributed by atoms with van der Waals surface area (Å²) in [5.41, 5.74) is 2.07. The quantitative estimate of drug-likeness (QED) is 0.607. The van der Waals surface area contributed by atoms with Crippen molar-refractivity contribution in [2.45, 2.75) is 13.0 Å². The van der Waals surface area contributed by atoms with Crippen molar-refractivity contribution in [2.24, 2.45) is 0 Å². The van der Waals surface area contributed by atoms with E-state index < -0.39 is 0 Å². The summed E-state index contributed by atoms with van der Waals surface area (Å²) in [5, 5.41) is 3.14. The van der Waals surface area contributed by atoms with Gasteiger partial charge in [-0.3, -0.25) is 0 Å². The largest absolute Gasteiger partial charge is 0.307 e. The fraction of sp³-hybridized carbons (Fsp3) is 0.333.